The van der Waals surface area contributed by atoms with E-state index in [-0.39, 0.29) is 0 Å². The summed E-state index contributed by atoms with van der Waals surface area (Å²) in [4.78, 5) is 1.85. The second-order valence-electron chi connectivity index (χ2n) is 5.71. The van der Waals surface area contributed by atoms with Crippen molar-refractivity contribution in [3.8, 4) is 0 Å². The van der Waals surface area contributed by atoms with Gasteiger partial charge in [-0.25, -0.2) is 0 Å². The Bertz CT molecular complexity index is 470. The maximum Gasteiger partial charge on any atom is 0.416 e. The molecule has 118 valence electrons. The van der Waals surface area contributed by atoms with Crippen LogP contribution in [0.3, 0.4) is 0 Å². The predicted octanol–water partition coefficient (Wildman–Crippen LogP) is 2.68. The first-order valence-corrected chi connectivity index (χ1v) is 6.93. The Morgan fingerprint density at radius 2 is 1.95 bits per heavy atom. The highest BCUT2D eigenvalue weighted by atomic mass is 19.4. The van der Waals surface area contributed by atoms with Gasteiger partial charge in [0.25, 0.3) is 0 Å². The molecule has 1 aliphatic heterocycles. The normalized spacial score (nSPS) is 19.0. The maximum atomic E-state index is 12.7. The number of halogens is 3. The summed E-state index contributed by atoms with van der Waals surface area (Å²) in [6.07, 6.45) is -3.21. The third-order valence-electron chi connectivity index (χ3n) is 3.69. The highest BCUT2D eigenvalue weighted by Gasteiger charge is 2.32. The molecule has 6 heteroatoms. The summed E-state index contributed by atoms with van der Waals surface area (Å²) in [5.41, 5.74) is -0.865. The van der Waals surface area contributed by atoms with Crippen molar-refractivity contribution in [2.24, 2.45) is 0 Å². The molecule has 0 amide bonds. The maximum absolute atomic E-state index is 12.7. The van der Waals surface area contributed by atoms with Gasteiger partial charge in [-0.2, -0.15) is 13.2 Å². The van der Waals surface area contributed by atoms with E-state index in [9.17, 15) is 18.3 Å². The van der Waals surface area contributed by atoms with E-state index in [4.69, 9.17) is 4.74 Å². The predicted molar refractivity (Wildman–Crippen MR) is 72.8 cm³/mol. The van der Waals surface area contributed by atoms with Gasteiger partial charge in [0.05, 0.1) is 11.2 Å². The molecule has 0 saturated carbocycles. The van der Waals surface area contributed by atoms with Crippen molar-refractivity contribution in [3.05, 3.63) is 35.4 Å². The minimum Gasteiger partial charge on any atom is -0.388 e. The van der Waals surface area contributed by atoms with Crippen LogP contribution in [0.25, 0.3) is 0 Å². The van der Waals surface area contributed by atoms with E-state index in [2.05, 4.69) is 0 Å². The van der Waals surface area contributed by atoms with Gasteiger partial charge in [0.1, 0.15) is 0 Å². The molecule has 1 heterocycles. The van der Waals surface area contributed by atoms with Crippen molar-refractivity contribution in [2.75, 3.05) is 26.8 Å². The largest absolute Gasteiger partial charge is 0.416 e. The molecule has 1 aromatic rings. The second-order valence-corrected chi connectivity index (χ2v) is 5.71. The monoisotopic (exact) mass is 303 g/mol. The Labute approximate surface area is 122 Å². The Kier molecular flexibility index (Phi) is 4.91. The molecule has 0 bridgehead atoms. The quantitative estimate of drug-likeness (QED) is 0.928. The minimum absolute atomic E-state index is 0.368. The average molecular weight is 303 g/mol. The SMILES string of the molecule is CN(Cc1cccc(C(F)(F)F)c1)CC1(O)CCOCC1. The lowest BCUT2D eigenvalue weighted by Gasteiger charge is -2.35. The fraction of sp³-hybridized carbons (Fsp3) is 0.600. The van der Waals surface area contributed by atoms with Crippen LogP contribution >= 0.6 is 0 Å². The summed E-state index contributed by atoms with van der Waals surface area (Å²) in [5.74, 6) is 0. The molecule has 0 spiro atoms. The molecular weight excluding hydrogens is 283 g/mol. The lowest BCUT2D eigenvalue weighted by atomic mass is 9.94. The standard InChI is InChI=1S/C15H20F3NO2/c1-19(11-14(20)5-7-21-8-6-14)10-12-3-2-4-13(9-12)15(16,17)18/h2-4,9,20H,5-8,10-11H2,1H3. The second kappa shape index (κ2) is 6.34. The lowest BCUT2D eigenvalue weighted by Crippen LogP contribution is -2.45. The number of alkyl halides is 3. The minimum atomic E-state index is -4.33. The summed E-state index contributed by atoms with van der Waals surface area (Å²) in [7, 11) is 1.80. The van der Waals surface area contributed by atoms with Gasteiger partial charge in [-0.05, 0) is 18.7 Å². The molecule has 1 saturated heterocycles. The van der Waals surface area contributed by atoms with Crippen LogP contribution in [0.4, 0.5) is 13.2 Å². The van der Waals surface area contributed by atoms with Crippen LogP contribution in [0.15, 0.2) is 24.3 Å². The van der Waals surface area contributed by atoms with Crippen LogP contribution < -0.4 is 0 Å². The first-order chi connectivity index (χ1) is 9.78. The average Bonchev–Trinajstić information content (AvgIpc) is 2.38. The lowest BCUT2D eigenvalue weighted by molar-refractivity contribution is -0.137. The summed E-state index contributed by atoms with van der Waals surface area (Å²) >= 11 is 0. The summed E-state index contributed by atoms with van der Waals surface area (Å²) in [6, 6.07) is 5.30. The summed E-state index contributed by atoms with van der Waals surface area (Å²) in [5, 5.41) is 10.4. The van der Waals surface area contributed by atoms with Crippen LogP contribution in [-0.2, 0) is 17.5 Å². The van der Waals surface area contributed by atoms with Crippen molar-refractivity contribution >= 4 is 0 Å². The van der Waals surface area contributed by atoms with Gasteiger partial charge < -0.3 is 9.84 Å². The molecule has 0 aromatic heterocycles. The van der Waals surface area contributed by atoms with Crippen LogP contribution in [0.2, 0.25) is 0 Å². The first kappa shape index (κ1) is 16.3. The number of benzene rings is 1. The number of hydrogen-bond acceptors (Lipinski definition) is 3. The van der Waals surface area contributed by atoms with Gasteiger partial charge >= 0.3 is 6.18 Å². The first-order valence-electron chi connectivity index (χ1n) is 6.93. The van der Waals surface area contributed by atoms with E-state index in [1.165, 1.54) is 6.07 Å². The van der Waals surface area contributed by atoms with Crippen molar-refractivity contribution < 1.29 is 23.0 Å². The molecule has 0 unspecified atom stereocenters. The zero-order chi connectivity index (χ0) is 15.5. The van der Waals surface area contributed by atoms with Gasteiger partial charge in [0.15, 0.2) is 0 Å². The Morgan fingerprint density at radius 3 is 2.57 bits per heavy atom. The van der Waals surface area contributed by atoms with E-state index in [1.54, 1.807) is 13.1 Å². The number of likely N-dealkylation sites (N-methyl/N-ethyl adjacent to an activating group) is 1. The molecule has 2 rings (SSSR count). The smallest absolute Gasteiger partial charge is 0.388 e. The zero-order valence-corrected chi connectivity index (χ0v) is 12.0. The molecule has 0 atom stereocenters. The molecule has 1 N–H and O–H groups in total. The van der Waals surface area contributed by atoms with Gasteiger partial charge in [-0.15, -0.1) is 0 Å². The van der Waals surface area contributed by atoms with Crippen LogP contribution in [0.1, 0.15) is 24.0 Å². The number of hydrogen-bond donors (Lipinski definition) is 1. The zero-order valence-electron chi connectivity index (χ0n) is 12.0. The van der Waals surface area contributed by atoms with E-state index in [1.807, 2.05) is 4.90 Å². The summed E-state index contributed by atoms with van der Waals surface area (Å²) < 4.78 is 43.2. The molecule has 0 radical (unpaired) electrons. The Hall–Kier alpha value is -1.11. The van der Waals surface area contributed by atoms with E-state index in [0.717, 1.165) is 12.1 Å². The van der Waals surface area contributed by atoms with Crippen molar-refractivity contribution in [1.82, 2.24) is 4.90 Å². The Morgan fingerprint density at radius 1 is 1.29 bits per heavy atom. The molecule has 0 aliphatic carbocycles. The van der Waals surface area contributed by atoms with Crippen LogP contribution in [0, 0.1) is 0 Å². The van der Waals surface area contributed by atoms with Gasteiger partial charge in [0.2, 0.25) is 0 Å². The van der Waals surface area contributed by atoms with E-state index < -0.39 is 17.3 Å². The van der Waals surface area contributed by atoms with Crippen molar-refractivity contribution in [2.45, 2.75) is 31.2 Å². The van der Waals surface area contributed by atoms with E-state index in [0.29, 0.717) is 44.7 Å². The molecule has 1 aliphatic rings. The molecule has 3 nitrogen and oxygen atoms in total. The topological polar surface area (TPSA) is 32.7 Å². The molecular formula is C15H20F3NO2. The van der Waals surface area contributed by atoms with Gasteiger partial charge in [0, 0.05) is 39.1 Å². The van der Waals surface area contributed by atoms with Gasteiger partial charge in [-0.3, -0.25) is 4.90 Å². The molecule has 1 fully saturated rings. The number of rotatable bonds is 4. The number of ether oxygens (including phenoxy) is 1. The van der Waals surface area contributed by atoms with Crippen LogP contribution in [-0.4, -0.2) is 42.4 Å². The Balaban J connectivity index is 1.97. The highest BCUT2D eigenvalue weighted by molar-refractivity contribution is 5.25. The van der Waals surface area contributed by atoms with E-state index >= 15 is 0 Å². The summed E-state index contributed by atoms with van der Waals surface area (Å²) in [6.45, 7) is 1.83. The fourth-order valence-corrected chi connectivity index (χ4v) is 2.63. The highest BCUT2D eigenvalue weighted by Crippen LogP contribution is 2.30. The molecule has 1 aromatic carbocycles. The van der Waals surface area contributed by atoms with Crippen molar-refractivity contribution in [3.63, 3.8) is 0 Å². The van der Waals surface area contributed by atoms with Crippen LogP contribution in [0.5, 0.6) is 0 Å². The number of aliphatic hydroxyl groups is 1. The number of nitrogens with zero attached hydrogens (tertiary/aromatic N) is 1. The third kappa shape index (κ3) is 4.69. The fourth-order valence-electron chi connectivity index (χ4n) is 2.63. The van der Waals surface area contributed by atoms with Crippen molar-refractivity contribution in [1.29, 1.82) is 0 Å². The van der Waals surface area contributed by atoms with Gasteiger partial charge in [-0.1, -0.05) is 18.2 Å². The third-order valence-corrected chi connectivity index (χ3v) is 3.69. The molecule has 21 heavy (non-hydrogen) atoms.